The predicted molar refractivity (Wildman–Crippen MR) is 71.5 cm³/mol. The topological polar surface area (TPSA) is 89.3 Å². The summed E-state index contributed by atoms with van der Waals surface area (Å²) in [6.45, 7) is 2.09. The molecule has 1 atom stereocenters. The van der Waals surface area contributed by atoms with Crippen molar-refractivity contribution in [2.75, 3.05) is 12.3 Å². The van der Waals surface area contributed by atoms with Crippen LogP contribution in [-0.2, 0) is 22.9 Å². The first-order chi connectivity index (χ1) is 8.93. The maximum Gasteiger partial charge on any atom is 0.272 e. The summed E-state index contributed by atoms with van der Waals surface area (Å²) >= 11 is 0. The average molecular weight is 284 g/mol. The Morgan fingerprint density at radius 2 is 2.16 bits per heavy atom. The third-order valence-electron chi connectivity index (χ3n) is 3.27. The van der Waals surface area contributed by atoms with E-state index < -0.39 is 14.9 Å². The maximum atomic E-state index is 11.7. The summed E-state index contributed by atoms with van der Waals surface area (Å²) < 4.78 is 25.9. The third-order valence-corrected chi connectivity index (χ3v) is 4.90. The molecular weight excluding hydrogens is 268 g/mol. The molecule has 2 rings (SSSR count). The molecule has 1 aromatic carbocycles. The predicted octanol–water partition coefficient (Wildman–Crippen LogP) is 1.25. The molecule has 0 fully saturated rings. The van der Waals surface area contributed by atoms with Gasteiger partial charge in [0.1, 0.15) is 0 Å². The smallest absolute Gasteiger partial charge is 0.258 e. The maximum absolute atomic E-state index is 11.7. The second-order valence-corrected chi connectivity index (χ2v) is 6.58. The van der Waals surface area contributed by atoms with Gasteiger partial charge in [-0.3, -0.25) is 10.1 Å². The fourth-order valence-electron chi connectivity index (χ4n) is 2.60. The van der Waals surface area contributed by atoms with Gasteiger partial charge in [0.05, 0.1) is 10.7 Å². The molecule has 0 heterocycles. The van der Waals surface area contributed by atoms with Crippen LogP contribution < -0.4 is 4.72 Å². The fourth-order valence-corrected chi connectivity index (χ4v) is 4.01. The molecule has 0 saturated heterocycles. The highest BCUT2D eigenvalue weighted by molar-refractivity contribution is 7.89. The molecule has 0 radical (unpaired) electrons. The summed E-state index contributed by atoms with van der Waals surface area (Å²) in [6, 6.07) is 4.96. The number of nitro benzene ring substituents is 1. The number of benzene rings is 1. The minimum atomic E-state index is -3.29. The highest BCUT2D eigenvalue weighted by atomic mass is 32.2. The zero-order valence-corrected chi connectivity index (χ0v) is 11.4. The van der Waals surface area contributed by atoms with Crippen LogP contribution in [-0.4, -0.2) is 25.6 Å². The minimum absolute atomic E-state index is 0.0205. The van der Waals surface area contributed by atoms with Gasteiger partial charge in [0.2, 0.25) is 10.0 Å². The second kappa shape index (κ2) is 5.26. The Labute approximate surface area is 112 Å². The Hall–Kier alpha value is -1.47. The van der Waals surface area contributed by atoms with E-state index in [-0.39, 0.29) is 17.4 Å². The first kappa shape index (κ1) is 14.0. The fraction of sp³-hybridized carbons (Fsp3) is 0.500. The van der Waals surface area contributed by atoms with Gasteiger partial charge in [0.25, 0.3) is 5.69 Å². The quantitative estimate of drug-likeness (QED) is 0.651. The number of nitro groups is 1. The van der Waals surface area contributed by atoms with Crippen LogP contribution in [0.4, 0.5) is 5.69 Å². The monoisotopic (exact) mass is 284 g/mol. The third kappa shape index (κ3) is 3.10. The lowest BCUT2D eigenvalue weighted by molar-refractivity contribution is -0.385. The second-order valence-electron chi connectivity index (χ2n) is 4.73. The Balaban J connectivity index is 2.17. The highest BCUT2D eigenvalue weighted by Crippen LogP contribution is 2.33. The molecule has 0 aromatic heterocycles. The van der Waals surface area contributed by atoms with Crippen molar-refractivity contribution in [3.63, 3.8) is 0 Å². The van der Waals surface area contributed by atoms with Gasteiger partial charge < -0.3 is 0 Å². The van der Waals surface area contributed by atoms with Crippen molar-refractivity contribution in [1.82, 2.24) is 4.72 Å². The number of nitrogens with one attached hydrogen (secondary N) is 1. The molecule has 0 unspecified atom stereocenters. The van der Waals surface area contributed by atoms with Gasteiger partial charge in [0, 0.05) is 18.2 Å². The molecule has 0 bridgehead atoms. The van der Waals surface area contributed by atoms with Crippen molar-refractivity contribution < 1.29 is 13.3 Å². The van der Waals surface area contributed by atoms with Crippen molar-refractivity contribution in [1.29, 1.82) is 0 Å². The molecule has 0 saturated carbocycles. The van der Waals surface area contributed by atoms with Crippen molar-refractivity contribution in [2.45, 2.75) is 19.8 Å². The molecule has 0 spiro atoms. The standard InChI is InChI=1S/C12H16N2O4S/c1-2-13-19(17,18)8-9-6-10-4-3-5-12(14(15)16)11(10)7-9/h3-5,9,13H,2,6-8H2,1H3/t9-/m1/s1. The molecule has 0 amide bonds. The van der Waals surface area contributed by atoms with Crippen LogP contribution in [0, 0.1) is 16.0 Å². The lowest BCUT2D eigenvalue weighted by Crippen LogP contribution is -2.29. The molecule has 7 heteroatoms. The molecule has 6 nitrogen and oxygen atoms in total. The van der Waals surface area contributed by atoms with E-state index in [1.807, 2.05) is 6.07 Å². The number of hydrogen-bond acceptors (Lipinski definition) is 4. The van der Waals surface area contributed by atoms with Crippen molar-refractivity contribution in [3.05, 3.63) is 39.4 Å². The number of fused-ring (bicyclic) bond motifs is 1. The lowest BCUT2D eigenvalue weighted by Gasteiger charge is -2.09. The van der Waals surface area contributed by atoms with Gasteiger partial charge in [-0.05, 0) is 24.3 Å². The van der Waals surface area contributed by atoms with Gasteiger partial charge in [-0.2, -0.15) is 0 Å². The van der Waals surface area contributed by atoms with Gasteiger partial charge in [-0.25, -0.2) is 13.1 Å². The molecule has 1 aliphatic rings. The van der Waals surface area contributed by atoms with E-state index in [2.05, 4.69) is 4.72 Å². The summed E-state index contributed by atoms with van der Waals surface area (Å²) in [5, 5.41) is 10.9. The van der Waals surface area contributed by atoms with E-state index in [1.54, 1.807) is 13.0 Å². The summed E-state index contributed by atoms with van der Waals surface area (Å²) in [5.41, 5.74) is 1.68. The first-order valence-electron chi connectivity index (χ1n) is 6.15. The minimum Gasteiger partial charge on any atom is -0.258 e. The van der Waals surface area contributed by atoms with E-state index in [1.165, 1.54) is 6.07 Å². The number of rotatable bonds is 5. The van der Waals surface area contributed by atoms with Crippen LogP contribution in [0.3, 0.4) is 0 Å². The molecule has 19 heavy (non-hydrogen) atoms. The molecule has 1 aromatic rings. The van der Waals surface area contributed by atoms with Crippen molar-refractivity contribution in [2.24, 2.45) is 5.92 Å². The van der Waals surface area contributed by atoms with E-state index in [0.29, 0.717) is 24.9 Å². The molecule has 104 valence electrons. The summed E-state index contributed by atoms with van der Waals surface area (Å²) in [4.78, 5) is 10.5. The highest BCUT2D eigenvalue weighted by Gasteiger charge is 2.30. The number of nitrogens with zero attached hydrogens (tertiary/aromatic N) is 1. The van der Waals surface area contributed by atoms with Gasteiger partial charge in [0.15, 0.2) is 0 Å². The van der Waals surface area contributed by atoms with Crippen LogP contribution in [0.15, 0.2) is 18.2 Å². The van der Waals surface area contributed by atoms with Crippen molar-refractivity contribution >= 4 is 15.7 Å². The van der Waals surface area contributed by atoms with Crippen LogP contribution in [0.1, 0.15) is 18.1 Å². The largest absolute Gasteiger partial charge is 0.272 e. The average Bonchev–Trinajstić information content (AvgIpc) is 2.68. The molecule has 1 aliphatic carbocycles. The van der Waals surface area contributed by atoms with E-state index in [4.69, 9.17) is 0 Å². The first-order valence-corrected chi connectivity index (χ1v) is 7.80. The Bertz CT molecular complexity index is 598. The summed E-state index contributed by atoms with van der Waals surface area (Å²) in [6.07, 6.45) is 1.04. The number of sulfonamides is 1. The van der Waals surface area contributed by atoms with Gasteiger partial charge in [-0.15, -0.1) is 0 Å². The van der Waals surface area contributed by atoms with E-state index in [0.717, 1.165) is 5.56 Å². The Morgan fingerprint density at radius 1 is 1.42 bits per heavy atom. The number of hydrogen-bond donors (Lipinski definition) is 1. The SMILES string of the molecule is CCNS(=O)(=O)C[C@@H]1Cc2cccc([N+](=O)[O-])c2C1. The molecular formula is C12H16N2O4S. The van der Waals surface area contributed by atoms with Crippen LogP contribution in [0.5, 0.6) is 0 Å². The van der Waals surface area contributed by atoms with Gasteiger partial charge >= 0.3 is 0 Å². The van der Waals surface area contributed by atoms with Crippen LogP contribution >= 0.6 is 0 Å². The van der Waals surface area contributed by atoms with Crippen LogP contribution in [0.25, 0.3) is 0 Å². The lowest BCUT2D eigenvalue weighted by atomic mass is 10.1. The van der Waals surface area contributed by atoms with Crippen LogP contribution in [0.2, 0.25) is 0 Å². The zero-order chi connectivity index (χ0) is 14.0. The molecule has 0 aliphatic heterocycles. The Kier molecular flexibility index (Phi) is 3.86. The summed E-state index contributed by atoms with van der Waals surface area (Å²) in [5.74, 6) is -0.0627. The Morgan fingerprint density at radius 3 is 2.79 bits per heavy atom. The zero-order valence-electron chi connectivity index (χ0n) is 10.6. The van der Waals surface area contributed by atoms with E-state index >= 15 is 0 Å². The van der Waals surface area contributed by atoms with E-state index in [9.17, 15) is 18.5 Å². The van der Waals surface area contributed by atoms with Crippen molar-refractivity contribution in [3.8, 4) is 0 Å². The summed E-state index contributed by atoms with van der Waals surface area (Å²) in [7, 11) is -3.29. The van der Waals surface area contributed by atoms with Gasteiger partial charge in [-0.1, -0.05) is 19.1 Å². The molecule has 1 N–H and O–H groups in total. The normalized spacial score (nSPS) is 18.3.